The third-order valence-corrected chi connectivity index (χ3v) is 2.52. The normalized spacial score (nSPS) is 14.3. The SMILES string of the molecule is CCNC1=CC(=O)c2c(O)ccc(O)c2C1=O. The first-order chi connectivity index (χ1) is 8.06. The molecule has 88 valence electrons. The van der Waals surface area contributed by atoms with Gasteiger partial charge in [-0.05, 0) is 19.1 Å². The molecule has 2 rings (SSSR count). The summed E-state index contributed by atoms with van der Waals surface area (Å²) in [4.78, 5) is 23.7. The predicted molar refractivity (Wildman–Crippen MR) is 60.2 cm³/mol. The summed E-state index contributed by atoms with van der Waals surface area (Å²) in [5.74, 6) is -1.60. The van der Waals surface area contributed by atoms with Crippen molar-refractivity contribution in [3.8, 4) is 11.5 Å². The largest absolute Gasteiger partial charge is 0.507 e. The summed E-state index contributed by atoms with van der Waals surface area (Å²) in [5.41, 5.74) is -0.156. The van der Waals surface area contributed by atoms with Crippen LogP contribution in [0.5, 0.6) is 11.5 Å². The van der Waals surface area contributed by atoms with Crippen LogP contribution in [0.25, 0.3) is 0 Å². The average Bonchev–Trinajstić information content (AvgIpc) is 2.29. The van der Waals surface area contributed by atoms with Crippen LogP contribution in [0.2, 0.25) is 0 Å². The monoisotopic (exact) mass is 233 g/mol. The molecule has 0 bridgehead atoms. The van der Waals surface area contributed by atoms with E-state index in [1.165, 1.54) is 12.1 Å². The Labute approximate surface area is 97.4 Å². The topological polar surface area (TPSA) is 86.6 Å². The van der Waals surface area contributed by atoms with Gasteiger partial charge < -0.3 is 15.5 Å². The summed E-state index contributed by atoms with van der Waals surface area (Å²) in [6.45, 7) is 2.27. The van der Waals surface area contributed by atoms with Gasteiger partial charge >= 0.3 is 0 Å². The van der Waals surface area contributed by atoms with E-state index in [0.29, 0.717) is 6.54 Å². The number of aromatic hydroxyl groups is 2. The van der Waals surface area contributed by atoms with Crippen LogP contribution >= 0.6 is 0 Å². The fraction of sp³-hybridized carbons (Fsp3) is 0.167. The van der Waals surface area contributed by atoms with E-state index < -0.39 is 11.6 Å². The first-order valence-corrected chi connectivity index (χ1v) is 5.15. The van der Waals surface area contributed by atoms with Crippen molar-refractivity contribution < 1.29 is 19.8 Å². The maximum absolute atomic E-state index is 12.0. The van der Waals surface area contributed by atoms with Crippen LogP contribution in [0.1, 0.15) is 27.6 Å². The van der Waals surface area contributed by atoms with E-state index in [9.17, 15) is 19.8 Å². The summed E-state index contributed by atoms with van der Waals surface area (Å²) >= 11 is 0. The third-order valence-electron chi connectivity index (χ3n) is 2.52. The molecule has 0 unspecified atom stereocenters. The lowest BCUT2D eigenvalue weighted by molar-refractivity contribution is 0.0973. The standard InChI is InChI=1S/C12H11NO4/c1-2-13-6-5-9(16)10-7(14)3-4-8(15)11(10)12(6)17/h3-5,13-15H,2H2,1H3. The molecule has 17 heavy (non-hydrogen) atoms. The maximum Gasteiger partial charge on any atom is 0.213 e. The number of allylic oxidation sites excluding steroid dienone is 2. The molecule has 0 amide bonds. The molecule has 3 N–H and O–H groups in total. The Bertz CT molecular complexity index is 546. The number of benzene rings is 1. The van der Waals surface area contributed by atoms with Gasteiger partial charge in [0, 0.05) is 12.6 Å². The van der Waals surface area contributed by atoms with Crippen molar-refractivity contribution in [1.82, 2.24) is 5.32 Å². The second-order valence-corrected chi connectivity index (χ2v) is 3.64. The molecule has 0 atom stereocenters. The summed E-state index contributed by atoms with van der Waals surface area (Å²) in [7, 11) is 0. The van der Waals surface area contributed by atoms with E-state index in [1.54, 1.807) is 6.92 Å². The molecule has 0 spiro atoms. The smallest absolute Gasteiger partial charge is 0.213 e. The highest BCUT2D eigenvalue weighted by Crippen LogP contribution is 2.33. The summed E-state index contributed by atoms with van der Waals surface area (Å²) in [6, 6.07) is 2.37. The molecule has 0 saturated heterocycles. The average molecular weight is 233 g/mol. The number of rotatable bonds is 2. The predicted octanol–water partition coefficient (Wildman–Crippen LogP) is 0.970. The minimum Gasteiger partial charge on any atom is -0.507 e. The van der Waals surface area contributed by atoms with Gasteiger partial charge in [0.15, 0.2) is 5.78 Å². The van der Waals surface area contributed by atoms with Crippen LogP contribution in [0, 0.1) is 0 Å². The maximum atomic E-state index is 12.0. The molecule has 1 aromatic rings. The van der Waals surface area contributed by atoms with Gasteiger partial charge in [-0.15, -0.1) is 0 Å². The highest BCUT2D eigenvalue weighted by atomic mass is 16.3. The van der Waals surface area contributed by atoms with E-state index in [0.717, 1.165) is 6.08 Å². The summed E-state index contributed by atoms with van der Waals surface area (Å²) in [5, 5.41) is 21.9. The van der Waals surface area contributed by atoms with Crippen molar-refractivity contribution in [3.05, 3.63) is 35.0 Å². The summed E-state index contributed by atoms with van der Waals surface area (Å²) < 4.78 is 0. The van der Waals surface area contributed by atoms with Crippen molar-refractivity contribution in [3.63, 3.8) is 0 Å². The molecule has 0 saturated carbocycles. The van der Waals surface area contributed by atoms with Crippen molar-refractivity contribution >= 4 is 11.6 Å². The number of hydrogen-bond donors (Lipinski definition) is 3. The number of carbonyl (C=O) groups excluding carboxylic acids is 2. The minimum atomic E-state index is -0.496. The molecule has 0 aliphatic heterocycles. The van der Waals surface area contributed by atoms with Crippen LogP contribution < -0.4 is 5.32 Å². The molecule has 0 radical (unpaired) electrons. The fourth-order valence-corrected chi connectivity index (χ4v) is 1.79. The molecular weight excluding hydrogens is 222 g/mol. The fourth-order valence-electron chi connectivity index (χ4n) is 1.79. The molecule has 5 heteroatoms. The van der Waals surface area contributed by atoms with Crippen LogP contribution in [0.3, 0.4) is 0 Å². The van der Waals surface area contributed by atoms with E-state index in [-0.39, 0.29) is 28.3 Å². The first kappa shape index (κ1) is 11.2. The number of hydrogen-bond acceptors (Lipinski definition) is 5. The van der Waals surface area contributed by atoms with Gasteiger partial charge in [0.1, 0.15) is 11.5 Å². The quantitative estimate of drug-likeness (QED) is 0.662. The second kappa shape index (κ2) is 3.93. The highest BCUT2D eigenvalue weighted by molar-refractivity contribution is 6.26. The lowest BCUT2D eigenvalue weighted by Gasteiger charge is -2.17. The number of likely N-dealkylation sites (N-methyl/N-ethyl adjacent to an activating group) is 1. The van der Waals surface area contributed by atoms with Crippen molar-refractivity contribution in [1.29, 1.82) is 0 Å². The van der Waals surface area contributed by atoms with Crippen LogP contribution in [0.15, 0.2) is 23.9 Å². The highest BCUT2D eigenvalue weighted by Gasteiger charge is 2.30. The lowest BCUT2D eigenvalue weighted by Crippen LogP contribution is -2.26. The number of carbonyl (C=O) groups is 2. The van der Waals surface area contributed by atoms with Gasteiger partial charge in [0.2, 0.25) is 5.78 Å². The van der Waals surface area contributed by atoms with Gasteiger partial charge in [-0.2, -0.15) is 0 Å². The molecular formula is C12H11NO4. The third kappa shape index (κ3) is 1.65. The molecule has 0 aromatic heterocycles. The lowest BCUT2D eigenvalue weighted by atomic mass is 9.91. The number of phenols is 2. The minimum absolute atomic E-state index is 0.130. The van der Waals surface area contributed by atoms with E-state index in [2.05, 4.69) is 5.32 Å². The number of Topliss-reactive ketones (excluding diaryl/α,β-unsaturated/α-hetero) is 1. The Morgan fingerprint density at radius 2 is 1.71 bits per heavy atom. The zero-order chi connectivity index (χ0) is 12.6. The van der Waals surface area contributed by atoms with Gasteiger partial charge in [-0.25, -0.2) is 0 Å². The van der Waals surface area contributed by atoms with Gasteiger partial charge in [-0.1, -0.05) is 0 Å². The molecule has 1 aliphatic carbocycles. The van der Waals surface area contributed by atoms with Gasteiger partial charge in [0.05, 0.1) is 16.8 Å². The van der Waals surface area contributed by atoms with Crippen LogP contribution in [-0.4, -0.2) is 28.3 Å². The molecule has 5 nitrogen and oxygen atoms in total. The Morgan fingerprint density at radius 3 is 2.29 bits per heavy atom. The van der Waals surface area contributed by atoms with Crippen molar-refractivity contribution in [2.45, 2.75) is 6.92 Å². The Kier molecular flexibility index (Phi) is 2.59. The number of nitrogens with one attached hydrogen (secondary N) is 1. The molecule has 0 fully saturated rings. The van der Waals surface area contributed by atoms with Gasteiger partial charge in [0.25, 0.3) is 0 Å². The number of fused-ring (bicyclic) bond motifs is 1. The number of ketones is 2. The van der Waals surface area contributed by atoms with Gasteiger partial charge in [-0.3, -0.25) is 9.59 Å². The Morgan fingerprint density at radius 1 is 1.12 bits per heavy atom. The zero-order valence-electron chi connectivity index (χ0n) is 9.15. The van der Waals surface area contributed by atoms with Crippen molar-refractivity contribution in [2.75, 3.05) is 6.54 Å². The molecule has 0 heterocycles. The van der Waals surface area contributed by atoms with E-state index in [4.69, 9.17) is 0 Å². The van der Waals surface area contributed by atoms with E-state index >= 15 is 0 Å². The van der Waals surface area contributed by atoms with E-state index in [1.807, 2.05) is 0 Å². The van der Waals surface area contributed by atoms with Crippen LogP contribution in [-0.2, 0) is 0 Å². The Balaban J connectivity index is 2.64. The zero-order valence-corrected chi connectivity index (χ0v) is 9.15. The summed E-state index contributed by atoms with van der Waals surface area (Å²) in [6.07, 6.45) is 1.13. The number of phenolic OH excluding ortho intramolecular Hbond substituents is 2. The molecule has 1 aliphatic rings. The second-order valence-electron chi connectivity index (χ2n) is 3.64. The van der Waals surface area contributed by atoms with Crippen molar-refractivity contribution in [2.24, 2.45) is 0 Å². The molecule has 1 aromatic carbocycles. The van der Waals surface area contributed by atoms with Crippen LogP contribution in [0.4, 0.5) is 0 Å². The first-order valence-electron chi connectivity index (χ1n) is 5.15. The Hall–Kier alpha value is -2.30.